The maximum absolute atomic E-state index is 13.0. The Kier molecular flexibility index (Phi) is 4.74. The number of nitrogens with two attached hydrogens (primary N) is 1. The Labute approximate surface area is 97.3 Å². The van der Waals surface area contributed by atoms with E-state index in [0.29, 0.717) is 18.2 Å². The maximum atomic E-state index is 13.0. The van der Waals surface area contributed by atoms with E-state index >= 15 is 0 Å². The maximum Gasteiger partial charge on any atom is 0.123 e. The SMILES string of the molecule is CC(C)CCN(C)Cc1cc(F)ccc1N. The molecular weight excluding hydrogens is 203 g/mol. The standard InChI is InChI=1S/C13H21FN2/c1-10(2)6-7-16(3)9-11-8-12(14)4-5-13(11)15/h4-5,8,10H,6-7,9,15H2,1-3H3. The van der Waals surface area contributed by atoms with Crippen molar-refractivity contribution >= 4 is 5.69 Å². The highest BCUT2D eigenvalue weighted by Crippen LogP contribution is 2.15. The number of benzene rings is 1. The highest BCUT2D eigenvalue weighted by Gasteiger charge is 2.05. The molecule has 0 amide bonds. The van der Waals surface area contributed by atoms with Gasteiger partial charge in [-0.25, -0.2) is 4.39 Å². The number of hydrogen-bond acceptors (Lipinski definition) is 2. The Balaban J connectivity index is 2.55. The molecule has 0 radical (unpaired) electrons. The fourth-order valence-electron chi connectivity index (χ4n) is 1.56. The first-order valence-corrected chi connectivity index (χ1v) is 5.71. The quantitative estimate of drug-likeness (QED) is 0.779. The van der Waals surface area contributed by atoms with Crippen LogP contribution in [0.25, 0.3) is 0 Å². The molecule has 0 unspecified atom stereocenters. The zero-order valence-corrected chi connectivity index (χ0v) is 10.3. The van der Waals surface area contributed by atoms with Crippen LogP contribution in [0.3, 0.4) is 0 Å². The molecule has 16 heavy (non-hydrogen) atoms. The number of nitrogens with zero attached hydrogens (tertiary/aromatic N) is 1. The van der Waals surface area contributed by atoms with Crippen molar-refractivity contribution in [3.63, 3.8) is 0 Å². The number of nitrogen functional groups attached to an aromatic ring is 1. The lowest BCUT2D eigenvalue weighted by Crippen LogP contribution is -2.21. The van der Waals surface area contributed by atoms with Gasteiger partial charge in [-0.2, -0.15) is 0 Å². The molecule has 90 valence electrons. The van der Waals surface area contributed by atoms with Crippen molar-refractivity contribution in [3.05, 3.63) is 29.6 Å². The topological polar surface area (TPSA) is 29.3 Å². The van der Waals surface area contributed by atoms with Gasteiger partial charge in [-0.05, 0) is 49.7 Å². The highest BCUT2D eigenvalue weighted by molar-refractivity contribution is 5.46. The third-order valence-electron chi connectivity index (χ3n) is 2.63. The molecular formula is C13H21FN2. The summed E-state index contributed by atoms with van der Waals surface area (Å²) in [5.41, 5.74) is 7.33. The van der Waals surface area contributed by atoms with E-state index in [4.69, 9.17) is 5.73 Å². The molecule has 2 nitrogen and oxygen atoms in total. The summed E-state index contributed by atoms with van der Waals surface area (Å²) in [5, 5.41) is 0. The average molecular weight is 224 g/mol. The van der Waals surface area contributed by atoms with Gasteiger partial charge in [-0.1, -0.05) is 13.8 Å². The van der Waals surface area contributed by atoms with Crippen molar-refractivity contribution in [3.8, 4) is 0 Å². The first-order valence-electron chi connectivity index (χ1n) is 5.71. The van der Waals surface area contributed by atoms with Crippen LogP contribution >= 0.6 is 0 Å². The highest BCUT2D eigenvalue weighted by atomic mass is 19.1. The molecule has 2 N–H and O–H groups in total. The largest absolute Gasteiger partial charge is 0.398 e. The fourth-order valence-corrected chi connectivity index (χ4v) is 1.56. The smallest absolute Gasteiger partial charge is 0.123 e. The van der Waals surface area contributed by atoms with Gasteiger partial charge in [0, 0.05) is 12.2 Å². The second-order valence-electron chi connectivity index (χ2n) is 4.76. The predicted molar refractivity (Wildman–Crippen MR) is 66.6 cm³/mol. The van der Waals surface area contributed by atoms with Crippen LogP contribution in [-0.2, 0) is 6.54 Å². The first-order chi connectivity index (χ1) is 7.49. The van der Waals surface area contributed by atoms with E-state index in [9.17, 15) is 4.39 Å². The van der Waals surface area contributed by atoms with Crippen LogP contribution in [0.1, 0.15) is 25.8 Å². The summed E-state index contributed by atoms with van der Waals surface area (Å²) in [5.74, 6) is 0.466. The van der Waals surface area contributed by atoms with Crippen LogP contribution in [0.5, 0.6) is 0 Å². The summed E-state index contributed by atoms with van der Waals surface area (Å²) < 4.78 is 13.0. The van der Waals surface area contributed by atoms with Gasteiger partial charge in [0.05, 0.1) is 0 Å². The lowest BCUT2D eigenvalue weighted by molar-refractivity contribution is 0.303. The van der Waals surface area contributed by atoms with Crippen LogP contribution in [0.15, 0.2) is 18.2 Å². The molecule has 0 spiro atoms. The average Bonchev–Trinajstić information content (AvgIpc) is 2.20. The molecule has 1 rings (SSSR count). The molecule has 0 bridgehead atoms. The minimum Gasteiger partial charge on any atom is -0.398 e. The molecule has 0 aliphatic heterocycles. The van der Waals surface area contributed by atoms with Crippen LogP contribution in [-0.4, -0.2) is 18.5 Å². The Morgan fingerprint density at radius 3 is 2.69 bits per heavy atom. The van der Waals surface area contributed by atoms with Crippen molar-refractivity contribution in [1.82, 2.24) is 4.90 Å². The molecule has 3 heteroatoms. The zero-order valence-electron chi connectivity index (χ0n) is 10.3. The number of anilines is 1. The summed E-state index contributed by atoms with van der Waals surface area (Å²) >= 11 is 0. The Morgan fingerprint density at radius 2 is 2.06 bits per heavy atom. The first kappa shape index (κ1) is 13.0. The van der Waals surface area contributed by atoms with E-state index in [2.05, 4.69) is 18.7 Å². The third-order valence-corrected chi connectivity index (χ3v) is 2.63. The van der Waals surface area contributed by atoms with Crippen molar-refractivity contribution in [2.24, 2.45) is 5.92 Å². The second kappa shape index (κ2) is 5.85. The van der Waals surface area contributed by atoms with Crippen LogP contribution in [0.2, 0.25) is 0 Å². The predicted octanol–water partition coefficient (Wildman–Crippen LogP) is 2.89. The summed E-state index contributed by atoms with van der Waals surface area (Å²) in [6.45, 7) is 6.11. The number of rotatable bonds is 5. The number of hydrogen-bond donors (Lipinski definition) is 1. The molecule has 0 heterocycles. The molecule has 0 aliphatic rings. The fraction of sp³-hybridized carbons (Fsp3) is 0.538. The van der Waals surface area contributed by atoms with Crippen molar-refractivity contribution in [2.45, 2.75) is 26.8 Å². The van der Waals surface area contributed by atoms with E-state index < -0.39 is 0 Å². The molecule has 0 aliphatic carbocycles. The minimum absolute atomic E-state index is 0.221. The van der Waals surface area contributed by atoms with Gasteiger partial charge in [-0.15, -0.1) is 0 Å². The lowest BCUT2D eigenvalue weighted by Gasteiger charge is -2.18. The van der Waals surface area contributed by atoms with E-state index in [0.717, 1.165) is 18.5 Å². The van der Waals surface area contributed by atoms with Gasteiger partial charge in [0.1, 0.15) is 5.82 Å². The molecule has 0 saturated carbocycles. The normalized spacial score (nSPS) is 11.4. The van der Waals surface area contributed by atoms with E-state index in [-0.39, 0.29) is 5.82 Å². The lowest BCUT2D eigenvalue weighted by atomic mass is 10.1. The molecule has 0 aromatic heterocycles. The minimum atomic E-state index is -0.221. The summed E-state index contributed by atoms with van der Waals surface area (Å²) in [6, 6.07) is 4.54. The van der Waals surface area contributed by atoms with Gasteiger partial charge in [0.15, 0.2) is 0 Å². The molecule has 0 fully saturated rings. The Bertz CT molecular complexity index is 337. The van der Waals surface area contributed by atoms with E-state index in [1.165, 1.54) is 12.1 Å². The Hall–Kier alpha value is -1.09. The van der Waals surface area contributed by atoms with Crippen LogP contribution in [0.4, 0.5) is 10.1 Å². The third kappa shape index (κ3) is 4.19. The van der Waals surface area contributed by atoms with Gasteiger partial charge >= 0.3 is 0 Å². The second-order valence-corrected chi connectivity index (χ2v) is 4.76. The van der Waals surface area contributed by atoms with Crippen LogP contribution in [0, 0.1) is 11.7 Å². The van der Waals surface area contributed by atoms with Crippen molar-refractivity contribution < 1.29 is 4.39 Å². The van der Waals surface area contributed by atoms with E-state index in [1.54, 1.807) is 6.07 Å². The van der Waals surface area contributed by atoms with Gasteiger partial charge in [0.2, 0.25) is 0 Å². The van der Waals surface area contributed by atoms with Gasteiger partial charge in [-0.3, -0.25) is 0 Å². The Morgan fingerprint density at radius 1 is 1.38 bits per heavy atom. The summed E-state index contributed by atoms with van der Waals surface area (Å²) in [7, 11) is 2.03. The van der Waals surface area contributed by atoms with Crippen LogP contribution < -0.4 is 5.73 Å². The molecule has 1 aromatic rings. The zero-order chi connectivity index (χ0) is 12.1. The van der Waals surface area contributed by atoms with Gasteiger partial charge in [0.25, 0.3) is 0 Å². The number of halogens is 1. The molecule has 1 aromatic carbocycles. The monoisotopic (exact) mass is 224 g/mol. The molecule has 0 saturated heterocycles. The summed E-state index contributed by atoms with van der Waals surface area (Å²) in [6.07, 6.45) is 1.14. The van der Waals surface area contributed by atoms with Crippen molar-refractivity contribution in [2.75, 3.05) is 19.3 Å². The van der Waals surface area contributed by atoms with Crippen molar-refractivity contribution in [1.29, 1.82) is 0 Å². The van der Waals surface area contributed by atoms with Gasteiger partial charge < -0.3 is 10.6 Å². The van der Waals surface area contributed by atoms with E-state index in [1.807, 2.05) is 7.05 Å². The molecule has 0 atom stereocenters. The summed E-state index contributed by atoms with van der Waals surface area (Å²) in [4.78, 5) is 2.17.